The highest BCUT2D eigenvalue weighted by atomic mass is 19.4. The third kappa shape index (κ3) is 4.05. The predicted octanol–water partition coefficient (Wildman–Crippen LogP) is 2.18. The van der Waals surface area contributed by atoms with Crippen molar-refractivity contribution in [3.8, 4) is 0 Å². The van der Waals surface area contributed by atoms with Crippen LogP contribution in [0.1, 0.15) is 21.7 Å². The molecule has 2 aromatic rings. The van der Waals surface area contributed by atoms with Crippen molar-refractivity contribution in [2.45, 2.75) is 18.6 Å². The highest BCUT2D eigenvalue weighted by molar-refractivity contribution is 5.89. The number of nitrogens with two attached hydrogens (primary N) is 1. The fraction of sp³-hybridized carbons (Fsp3) is 0.400. The largest absolute Gasteiger partial charge is 0.477 e. The molecule has 2 saturated heterocycles. The molecule has 1 aromatic carbocycles. The standard InChI is InChI=1S/C20H21F3N6O3/c1-11-6-14(16(30)31)26-17(25-11)27-18(32)29-8-12-7-28(9-19(12,24)10-29)15-5-3-2-4-13(15)20(21,22)23/h2-6,12H,7-10,24H2,1H3,(H,30,31)(H,25,26,27,32)/t12-,19-/m0/s1. The van der Waals surface area contributed by atoms with Crippen molar-refractivity contribution in [3.63, 3.8) is 0 Å². The molecule has 0 bridgehead atoms. The summed E-state index contributed by atoms with van der Waals surface area (Å²) in [5.41, 5.74) is 5.11. The lowest BCUT2D eigenvalue weighted by Crippen LogP contribution is -2.50. The van der Waals surface area contributed by atoms with Crippen LogP contribution in [0.4, 0.5) is 29.6 Å². The van der Waals surface area contributed by atoms with Crippen molar-refractivity contribution < 1.29 is 27.9 Å². The molecule has 170 valence electrons. The number of hydrogen-bond donors (Lipinski definition) is 3. The van der Waals surface area contributed by atoms with Gasteiger partial charge in [0.1, 0.15) is 0 Å². The van der Waals surface area contributed by atoms with Crippen molar-refractivity contribution in [2.24, 2.45) is 11.7 Å². The van der Waals surface area contributed by atoms with Gasteiger partial charge in [-0.05, 0) is 25.1 Å². The molecule has 2 fully saturated rings. The molecule has 3 heterocycles. The number of carboxylic acids is 1. The lowest BCUT2D eigenvalue weighted by molar-refractivity contribution is -0.137. The number of nitrogens with zero attached hydrogens (tertiary/aromatic N) is 4. The Hall–Kier alpha value is -3.41. The number of urea groups is 1. The van der Waals surface area contributed by atoms with E-state index in [1.54, 1.807) is 17.9 Å². The number of hydrogen-bond acceptors (Lipinski definition) is 6. The van der Waals surface area contributed by atoms with Crippen LogP contribution in [0.3, 0.4) is 0 Å². The molecule has 1 aromatic heterocycles. The smallest absolute Gasteiger partial charge is 0.418 e. The van der Waals surface area contributed by atoms with Crippen LogP contribution in [-0.4, -0.2) is 63.7 Å². The molecular weight excluding hydrogens is 429 g/mol. The number of carbonyl (C=O) groups is 2. The molecule has 2 atom stereocenters. The van der Waals surface area contributed by atoms with E-state index in [9.17, 15) is 22.8 Å². The third-order valence-electron chi connectivity index (χ3n) is 5.79. The number of aryl methyl sites for hydroxylation is 1. The van der Waals surface area contributed by atoms with E-state index < -0.39 is 29.3 Å². The minimum absolute atomic E-state index is 0.0737. The van der Waals surface area contributed by atoms with E-state index in [0.29, 0.717) is 5.69 Å². The Morgan fingerprint density at radius 1 is 1.22 bits per heavy atom. The molecule has 0 radical (unpaired) electrons. The summed E-state index contributed by atoms with van der Waals surface area (Å²) in [4.78, 5) is 34.7. The average Bonchev–Trinajstić information content (AvgIpc) is 3.18. The number of nitrogens with one attached hydrogen (secondary N) is 1. The molecule has 0 spiro atoms. The Balaban J connectivity index is 1.46. The number of carboxylic acid groups (broad SMARTS) is 1. The number of carbonyl (C=O) groups excluding carboxylic acids is 1. The molecule has 32 heavy (non-hydrogen) atoms. The number of aromatic carboxylic acids is 1. The summed E-state index contributed by atoms with van der Waals surface area (Å²) in [6, 6.07) is 6.09. The lowest BCUT2D eigenvalue weighted by Gasteiger charge is -2.28. The van der Waals surface area contributed by atoms with Crippen molar-refractivity contribution in [1.82, 2.24) is 14.9 Å². The number of benzene rings is 1. The van der Waals surface area contributed by atoms with E-state index in [4.69, 9.17) is 10.8 Å². The fourth-order valence-electron chi connectivity index (χ4n) is 4.34. The van der Waals surface area contributed by atoms with Crippen molar-refractivity contribution in [2.75, 3.05) is 36.4 Å². The van der Waals surface area contributed by atoms with Gasteiger partial charge in [-0.15, -0.1) is 0 Å². The predicted molar refractivity (Wildman–Crippen MR) is 108 cm³/mol. The van der Waals surface area contributed by atoms with Crippen molar-refractivity contribution >= 4 is 23.6 Å². The summed E-state index contributed by atoms with van der Waals surface area (Å²) in [5.74, 6) is -1.62. The topological polar surface area (TPSA) is 125 Å². The van der Waals surface area contributed by atoms with Gasteiger partial charge >= 0.3 is 18.2 Å². The van der Waals surface area contributed by atoms with Gasteiger partial charge in [-0.2, -0.15) is 13.2 Å². The van der Waals surface area contributed by atoms with Crippen LogP contribution in [0, 0.1) is 12.8 Å². The van der Waals surface area contributed by atoms with E-state index in [2.05, 4.69) is 15.3 Å². The first-order chi connectivity index (χ1) is 15.0. The fourth-order valence-corrected chi connectivity index (χ4v) is 4.34. The second-order valence-electron chi connectivity index (χ2n) is 8.16. The number of alkyl halides is 3. The summed E-state index contributed by atoms with van der Waals surface area (Å²) in [6.45, 7) is 2.39. The number of fused-ring (bicyclic) bond motifs is 1. The number of halogens is 3. The van der Waals surface area contributed by atoms with Crippen LogP contribution >= 0.6 is 0 Å². The maximum atomic E-state index is 13.4. The highest BCUT2D eigenvalue weighted by Gasteiger charge is 2.52. The van der Waals surface area contributed by atoms with Gasteiger partial charge in [-0.1, -0.05) is 12.1 Å². The van der Waals surface area contributed by atoms with Gasteiger partial charge in [0.25, 0.3) is 0 Å². The monoisotopic (exact) mass is 450 g/mol. The van der Waals surface area contributed by atoms with Crippen molar-refractivity contribution in [1.29, 1.82) is 0 Å². The first-order valence-electron chi connectivity index (χ1n) is 9.81. The number of aromatic nitrogens is 2. The van der Waals surface area contributed by atoms with E-state index in [1.165, 1.54) is 23.1 Å². The summed E-state index contributed by atoms with van der Waals surface area (Å²) in [7, 11) is 0. The van der Waals surface area contributed by atoms with E-state index in [0.717, 1.165) is 6.07 Å². The van der Waals surface area contributed by atoms with E-state index in [1.807, 2.05) is 0 Å². The Kier molecular flexibility index (Phi) is 5.19. The zero-order valence-electron chi connectivity index (χ0n) is 17.1. The lowest BCUT2D eigenvalue weighted by atomic mass is 9.92. The Labute approximate surface area is 181 Å². The van der Waals surface area contributed by atoms with E-state index >= 15 is 0 Å². The minimum Gasteiger partial charge on any atom is -0.477 e. The number of rotatable bonds is 3. The summed E-state index contributed by atoms with van der Waals surface area (Å²) in [6.07, 6.45) is -4.48. The zero-order chi connectivity index (χ0) is 23.3. The summed E-state index contributed by atoms with van der Waals surface area (Å²) >= 11 is 0. The molecular formula is C20H21F3N6O3. The van der Waals surface area contributed by atoms with Gasteiger partial charge in [-0.25, -0.2) is 19.6 Å². The number of amides is 2. The van der Waals surface area contributed by atoms with Gasteiger partial charge in [0.15, 0.2) is 5.69 Å². The van der Waals surface area contributed by atoms with Crippen LogP contribution < -0.4 is 16.0 Å². The van der Waals surface area contributed by atoms with Crippen molar-refractivity contribution in [3.05, 3.63) is 47.3 Å². The molecule has 0 unspecified atom stereocenters. The van der Waals surface area contributed by atoms with Gasteiger partial charge in [-0.3, -0.25) is 5.32 Å². The molecule has 2 amide bonds. The van der Waals surface area contributed by atoms with E-state index in [-0.39, 0.29) is 49.4 Å². The normalized spacial score (nSPS) is 22.7. The molecule has 12 heteroatoms. The molecule has 2 aliphatic rings. The summed E-state index contributed by atoms with van der Waals surface area (Å²) < 4.78 is 40.2. The quantitative estimate of drug-likeness (QED) is 0.655. The van der Waals surface area contributed by atoms with Gasteiger partial charge in [0.2, 0.25) is 5.95 Å². The average molecular weight is 450 g/mol. The second-order valence-corrected chi connectivity index (χ2v) is 8.16. The first-order valence-corrected chi connectivity index (χ1v) is 9.81. The number of likely N-dealkylation sites (tertiary alicyclic amines) is 1. The zero-order valence-corrected chi connectivity index (χ0v) is 17.1. The van der Waals surface area contributed by atoms with Crippen LogP contribution in [0.25, 0.3) is 0 Å². The van der Waals surface area contributed by atoms with Gasteiger partial charge < -0.3 is 20.6 Å². The third-order valence-corrected chi connectivity index (χ3v) is 5.79. The minimum atomic E-state index is -4.48. The van der Waals surface area contributed by atoms with Crippen LogP contribution in [-0.2, 0) is 6.18 Å². The number of para-hydroxylation sites is 1. The maximum Gasteiger partial charge on any atom is 0.418 e. The van der Waals surface area contributed by atoms with Crippen LogP contribution in [0.15, 0.2) is 30.3 Å². The molecule has 4 N–H and O–H groups in total. The molecule has 2 aliphatic heterocycles. The van der Waals surface area contributed by atoms with Crippen LogP contribution in [0.2, 0.25) is 0 Å². The Bertz CT molecular complexity index is 1080. The summed E-state index contributed by atoms with van der Waals surface area (Å²) in [5, 5.41) is 11.6. The maximum absolute atomic E-state index is 13.4. The Morgan fingerprint density at radius 2 is 1.94 bits per heavy atom. The molecule has 0 aliphatic carbocycles. The van der Waals surface area contributed by atoms with Gasteiger partial charge in [0.05, 0.1) is 11.1 Å². The second kappa shape index (κ2) is 7.62. The highest BCUT2D eigenvalue weighted by Crippen LogP contribution is 2.41. The number of anilines is 2. The Morgan fingerprint density at radius 3 is 2.59 bits per heavy atom. The molecule has 9 nitrogen and oxygen atoms in total. The first kappa shape index (κ1) is 21.8. The SMILES string of the molecule is Cc1cc(C(=O)O)nc(NC(=O)N2C[C@@H]3CN(c4ccccc4C(F)(F)F)C[C@]3(N)C2)n1. The molecule has 0 saturated carbocycles. The molecule has 4 rings (SSSR count). The van der Waals surface area contributed by atoms with Gasteiger partial charge in [0, 0.05) is 43.5 Å². The van der Waals surface area contributed by atoms with Crippen LogP contribution in [0.5, 0.6) is 0 Å².